The fourth-order valence-electron chi connectivity index (χ4n) is 1.48. The molecule has 1 unspecified atom stereocenters. The number of hydrogen-bond acceptors (Lipinski definition) is 7. The van der Waals surface area contributed by atoms with Crippen LogP contribution in [0, 0.1) is 0 Å². The highest BCUT2D eigenvalue weighted by atomic mass is 32.1. The first kappa shape index (κ1) is 11.0. The maximum atomic E-state index is 6.03. The van der Waals surface area contributed by atoms with Gasteiger partial charge in [-0.25, -0.2) is 9.97 Å². The largest absolute Gasteiger partial charge is 0.337 e. The average Bonchev–Trinajstić information content (AvgIpc) is 3.10. The Bertz CT molecular complexity index is 622. The molecule has 18 heavy (non-hydrogen) atoms. The lowest BCUT2D eigenvalue weighted by atomic mass is 10.2. The van der Waals surface area contributed by atoms with E-state index >= 15 is 0 Å². The molecule has 1 atom stereocenters. The Hall–Kier alpha value is -2.12. The summed E-state index contributed by atoms with van der Waals surface area (Å²) in [7, 11) is 0. The second-order valence-corrected chi connectivity index (χ2v) is 4.52. The normalized spacial score (nSPS) is 12.5. The number of rotatable bonds is 3. The monoisotopic (exact) mass is 259 g/mol. The third kappa shape index (κ3) is 2.01. The molecule has 0 amide bonds. The summed E-state index contributed by atoms with van der Waals surface area (Å²) in [4.78, 5) is 13.1. The fourth-order valence-corrected chi connectivity index (χ4v) is 2.20. The van der Waals surface area contributed by atoms with Gasteiger partial charge in [0.15, 0.2) is 0 Å². The minimum atomic E-state index is -0.395. The van der Waals surface area contributed by atoms with E-state index in [1.807, 2.05) is 17.5 Å². The molecule has 6 nitrogen and oxygen atoms in total. The Morgan fingerprint density at radius 2 is 2.28 bits per heavy atom. The Balaban J connectivity index is 1.90. The molecule has 0 bridgehead atoms. The molecule has 2 N–H and O–H groups in total. The summed E-state index contributed by atoms with van der Waals surface area (Å²) in [5, 5.41) is 5.82. The van der Waals surface area contributed by atoms with Crippen LogP contribution in [0.25, 0.3) is 11.5 Å². The van der Waals surface area contributed by atoms with Crippen molar-refractivity contribution in [3.63, 3.8) is 0 Å². The number of aromatic nitrogens is 4. The van der Waals surface area contributed by atoms with Crippen molar-refractivity contribution in [2.75, 3.05) is 0 Å². The Morgan fingerprint density at radius 3 is 3.00 bits per heavy atom. The molecule has 0 aliphatic heterocycles. The van der Waals surface area contributed by atoms with Crippen LogP contribution in [0.3, 0.4) is 0 Å². The van der Waals surface area contributed by atoms with E-state index in [1.165, 1.54) is 6.33 Å². The molecule has 3 heterocycles. The van der Waals surface area contributed by atoms with Gasteiger partial charge in [0.25, 0.3) is 0 Å². The zero-order chi connectivity index (χ0) is 12.4. The summed E-state index contributed by atoms with van der Waals surface area (Å²) in [5.74, 6) is 0.797. The van der Waals surface area contributed by atoms with Crippen LogP contribution in [-0.2, 0) is 0 Å². The van der Waals surface area contributed by atoms with Crippen molar-refractivity contribution in [1.29, 1.82) is 0 Å². The van der Waals surface area contributed by atoms with Crippen LogP contribution in [0.15, 0.2) is 40.6 Å². The van der Waals surface area contributed by atoms with E-state index in [0.29, 0.717) is 17.4 Å². The quantitative estimate of drug-likeness (QED) is 0.768. The molecule has 0 aliphatic rings. The molecular weight excluding hydrogens is 250 g/mol. The summed E-state index contributed by atoms with van der Waals surface area (Å²) in [6.45, 7) is 0. The molecule has 0 saturated heterocycles. The van der Waals surface area contributed by atoms with Crippen molar-refractivity contribution < 1.29 is 4.52 Å². The second-order valence-electron chi connectivity index (χ2n) is 3.54. The van der Waals surface area contributed by atoms with E-state index < -0.39 is 6.04 Å². The zero-order valence-electron chi connectivity index (χ0n) is 9.22. The van der Waals surface area contributed by atoms with Crippen LogP contribution >= 0.6 is 11.3 Å². The van der Waals surface area contributed by atoms with Crippen LogP contribution in [0.2, 0.25) is 0 Å². The third-order valence-corrected chi connectivity index (χ3v) is 3.32. The maximum absolute atomic E-state index is 6.03. The summed E-state index contributed by atoms with van der Waals surface area (Å²) in [6, 6.07) is 5.18. The highest BCUT2D eigenvalue weighted by Gasteiger charge is 2.18. The maximum Gasteiger partial charge on any atom is 0.249 e. The summed E-state index contributed by atoms with van der Waals surface area (Å²) in [5.41, 5.74) is 6.64. The molecule has 3 rings (SSSR count). The van der Waals surface area contributed by atoms with Gasteiger partial charge in [-0.15, -0.1) is 11.3 Å². The smallest absolute Gasteiger partial charge is 0.249 e. The lowest BCUT2D eigenvalue weighted by Gasteiger charge is -2.01. The first-order valence-electron chi connectivity index (χ1n) is 5.23. The summed E-state index contributed by atoms with van der Waals surface area (Å²) >= 11 is 1.55. The molecule has 7 heteroatoms. The standard InChI is InChI=1S/C11H9N5OS/c12-9(8-2-1-5-18-8)11-15-10(16-17-11)7-3-4-13-6-14-7/h1-6,9H,12H2. The van der Waals surface area contributed by atoms with Crippen molar-refractivity contribution >= 4 is 11.3 Å². The fraction of sp³-hybridized carbons (Fsp3) is 0.0909. The van der Waals surface area contributed by atoms with E-state index in [9.17, 15) is 0 Å². The minimum absolute atomic E-state index is 0.381. The van der Waals surface area contributed by atoms with E-state index in [4.69, 9.17) is 10.3 Å². The summed E-state index contributed by atoms with van der Waals surface area (Å²) in [6.07, 6.45) is 3.06. The van der Waals surface area contributed by atoms with Crippen LogP contribution in [0.5, 0.6) is 0 Å². The van der Waals surface area contributed by atoms with Gasteiger partial charge in [-0.2, -0.15) is 4.98 Å². The van der Waals surface area contributed by atoms with E-state index in [-0.39, 0.29) is 0 Å². The van der Waals surface area contributed by atoms with Gasteiger partial charge in [-0.3, -0.25) is 0 Å². The van der Waals surface area contributed by atoms with Gasteiger partial charge in [0.1, 0.15) is 18.1 Å². The van der Waals surface area contributed by atoms with Crippen LogP contribution in [-0.4, -0.2) is 20.1 Å². The van der Waals surface area contributed by atoms with Gasteiger partial charge in [-0.05, 0) is 17.5 Å². The van der Waals surface area contributed by atoms with Gasteiger partial charge in [0, 0.05) is 11.1 Å². The highest BCUT2D eigenvalue weighted by molar-refractivity contribution is 7.10. The minimum Gasteiger partial charge on any atom is -0.337 e. The van der Waals surface area contributed by atoms with Crippen LogP contribution in [0.4, 0.5) is 0 Å². The van der Waals surface area contributed by atoms with Gasteiger partial charge in [-0.1, -0.05) is 11.2 Å². The van der Waals surface area contributed by atoms with Gasteiger partial charge in [0.05, 0.1) is 0 Å². The van der Waals surface area contributed by atoms with Crippen molar-refractivity contribution in [2.45, 2.75) is 6.04 Å². The lowest BCUT2D eigenvalue weighted by molar-refractivity contribution is 0.368. The SMILES string of the molecule is NC(c1nc(-c2ccncn2)no1)c1cccs1. The molecule has 0 radical (unpaired) electrons. The third-order valence-electron chi connectivity index (χ3n) is 2.37. The molecular formula is C11H9N5OS. The summed E-state index contributed by atoms with van der Waals surface area (Å²) < 4.78 is 5.16. The van der Waals surface area contributed by atoms with Crippen molar-refractivity contribution in [3.05, 3.63) is 46.9 Å². The zero-order valence-corrected chi connectivity index (χ0v) is 10.0. The Kier molecular flexibility index (Phi) is 2.83. The number of hydrogen-bond donors (Lipinski definition) is 1. The van der Waals surface area contributed by atoms with E-state index in [2.05, 4.69) is 20.1 Å². The topological polar surface area (TPSA) is 90.7 Å². The van der Waals surface area contributed by atoms with E-state index in [0.717, 1.165) is 4.88 Å². The molecule has 90 valence electrons. The Labute approximate surface area is 107 Å². The van der Waals surface area contributed by atoms with Crippen molar-refractivity contribution in [1.82, 2.24) is 20.1 Å². The highest BCUT2D eigenvalue weighted by Crippen LogP contribution is 2.23. The molecule has 3 aromatic heterocycles. The van der Waals surface area contributed by atoms with E-state index in [1.54, 1.807) is 23.6 Å². The first-order valence-corrected chi connectivity index (χ1v) is 6.11. The second kappa shape index (κ2) is 4.63. The van der Waals surface area contributed by atoms with Crippen molar-refractivity contribution in [2.24, 2.45) is 5.73 Å². The molecule has 0 saturated carbocycles. The lowest BCUT2D eigenvalue weighted by Crippen LogP contribution is -2.10. The Morgan fingerprint density at radius 1 is 1.33 bits per heavy atom. The predicted molar refractivity (Wildman–Crippen MR) is 65.7 cm³/mol. The first-order chi connectivity index (χ1) is 8.84. The van der Waals surface area contributed by atoms with Crippen LogP contribution < -0.4 is 5.73 Å². The predicted octanol–water partition coefficient (Wildman–Crippen LogP) is 1.64. The average molecular weight is 259 g/mol. The molecule has 3 aromatic rings. The molecule has 0 spiro atoms. The number of nitrogens with two attached hydrogens (primary N) is 1. The molecule has 0 aliphatic carbocycles. The molecule has 0 fully saturated rings. The van der Waals surface area contributed by atoms with Crippen LogP contribution in [0.1, 0.15) is 16.8 Å². The molecule has 0 aromatic carbocycles. The van der Waals surface area contributed by atoms with Crippen molar-refractivity contribution in [3.8, 4) is 11.5 Å². The van der Waals surface area contributed by atoms with Gasteiger partial charge < -0.3 is 10.3 Å². The van der Waals surface area contributed by atoms with Gasteiger partial charge in [0.2, 0.25) is 11.7 Å². The number of nitrogens with zero attached hydrogens (tertiary/aromatic N) is 4. The van der Waals surface area contributed by atoms with Gasteiger partial charge >= 0.3 is 0 Å². The number of thiophene rings is 1.